The number of halogens is 2. The van der Waals surface area contributed by atoms with Gasteiger partial charge in [0.05, 0.1) is 12.5 Å². The number of hydrogen-bond donors (Lipinski definition) is 3. The molecule has 124 valence electrons. The van der Waals surface area contributed by atoms with Crippen LogP contribution < -0.4 is 16.8 Å². The number of hydrogen-bond acceptors (Lipinski definition) is 2. The molecular weight excluding hydrogens is 286 g/mol. The molecule has 0 saturated heterocycles. The third-order valence-electron chi connectivity index (χ3n) is 3.42. The Balaban J connectivity index is 2.49. The molecule has 0 saturated carbocycles. The van der Waals surface area contributed by atoms with E-state index in [1.807, 2.05) is 12.1 Å². The Bertz CT molecular complexity index is 474. The Morgan fingerprint density at radius 1 is 1.18 bits per heavy atom. The van der Waals surface area contributed by atoms with Crippen molar-refractivity contribution < 1.29 is 8.78 Å². The predicted molar refractivity (Wildman–Crippen MR) is 87.0 cm³/mol. The van der Waals surface area contributed by atoms with Crippen LogP contribution >= 0.6 is 0 Å². The van der Waals surface area contributed by atoms with Gasteiger partial charge in [-0.15, -0.1) is 0 Å². The molecule has 0 amide bonds. The normalized spacial score (nSPS) is 13.2. The summed E-state index contributed by atoms with van der Waals surface area (Å²) in [6, 6.07) is 8.17. The number of nitrogens with zero attached hydrogens (tertiary/aromatic N) is 1. The smallest absolute Gasteiger partial charge is 0.244 e. The summed E-state index contributed by atoms with van der Waals surface area (Å²) in [4.78, 5) is 3.66. The van der Waals surface area contributed by atoms with Gasteiger partial charge in [-0.1, -0.05) is 45.0 Å². The van der Waals surface area contributed by atoms with Crippen molar-refractivity contribution in [2.75, 3.05) is 13.1 Å². The van der Waals surface area contributed by atoms with Crippen LogP contribution in [0.2, 0.25) is 0 Å². The quantitative estimate of drug-likeness (QED) is 0.534. The van der Waals surface area contributed by atoms with Gasteiger partial charge in [0.1, 0.15) is 0 Å². The van der Waals surface area contributed by atoms with Crippen molar-refractivity contribution in [2.45, 2.75) is 39.2 Å². The second-order valence-corrected chi connectivity index (χ2v) is 6.44. The number of nitrogens with one attached hydrogen (secondary N) is 1. The zero-order valence-corrected chi connectivity index (χ0v) is 13.4. The van der Waals surface area contributed by atoms with Gasteiger partial charge in [-0.2, -0.15) is 0 Å². The van der Waals surface area contributed by atoms with Crippen molar-refractivity contribution in [1.29, 1.82) is 0 Å². The first-order chi connectivity index (χ1) is 10.2. The lowest BCUT2D eigenvalue weighted by Crippen LogP contribution is -2.31. The van der Waals surface area contributed by atoms with Gasteiger partial charge in [-0.05, 0) is 16.5 Å². The molecule has 6 heteroatoms. The lowest BCUT2D eigenvalue weighted by molar-refractivity contribution is 0.0810. The monoisotopic (exact) mass is 312 g/mol. The fraction of sp³-hybridized carbons (Fsp3) is 0.562. The molecule has 1 atom stereocenters. The van der Waals surface area contributed by atoms with Crippen LogP contribution in [0.4, 0.5) is 8.78 Å². The first-order valence-corrected chi connectivity index (χ1v) is 7.34. The molecule has 5 N–H and O–H groups in total. The van der Waals surface area contributed by atoms with E-state index < -0.39 is 12.3 Å². The highest BCUT2D eigenvalue weighted by atomic mass is 19.3. The molecule has 0 aliphatic rings. The van der Waals surface area contributed by atoms with Gasteiger partial charge in [0.15, 0.2) is 5.96 Å². The van der Waals surface area contributed by atoms with Gasteiger partial charge < -0.3 is 16.8 Å². The van der Waals surface area contributed by atoms with Crippen molar-refractivity contribution in [3.8, 4) is 0 Å². The van der Waals surface area contributed by atoms with Gasteiger partial charge in [-0.3, -0.25) is 4.99 Å². The molecule has 1 rings (SSSR count). The fourth-order valence-corrected chi connectivity index (χ4v) is 1.98. The summed E-state index contributed by atoms with van der Waals surface area (Å²) >= 11 is 0. The van der Waals surface area contributed by atoms with Crippen LogP contribution in [0.5, 0.6) is 0 Å². The molecule has 4 nitrogen and oxygen atoms in total. The molecule has 0 aromatic heterocycles. The zero-order valence-electron chi connectivity index (χ0n) is 13.4. The van der Waals surface area contributed by atoms with E-state index in [2.05, 4.69) is 43.2 Å². The summed E-state index contributed by atoms with van der Waals surface area (Å²) in [5.74, 6) is -1.06. The summed E-state index contributed by atoms with van der Waals surface area (Å²) in [6.07, 6.45) is -2.46. The van der Waals surface area contributed by atoms with Crippen molar-refractivity contribution in [3.05, 3.63) is 35.4 Å². The molecule has 0 fully saturated rings. The maximum atomic E-state index is 12.9. The Morgan fingerprint density at radius 3 is 2.23 bits per heavy atom. The number of rotatable bonds is 7. The summed E-state index contributed by atoms with van der Waals surface area (Å²) in [6.45, 7) is 7.08. The van der Waals surface area contributed by atoms with Crippen LogP contribution in [0.25, 0.3) is 0 Å². The van der Waals surface area contributed by atoms with E-state index in [0.717, 1.165) is 5.56 Å². The van der Waals surface area contributed by atoms with E-state index in [1.54, 1.807) is 0 Å². The van der Waals surface area contributed by atoms with E-state index in [4.69, 9.17) is 11.5 Å². The molecule has 0 heterocycles. The second-order valence-electron chi connectivity index (χ2n) is 6.44. The highest BCUT2D eigenvalue weighted by Gasteiger charge is 2.19. The van der Waals surface area contributed by atoms with E-state index in [9.17, 15) is 8.78 Å². The van der Waals surface area contributed by atoms with Crippen molar-refractivity contribution in [2.24, 2.45) is 22.4 Å². The summed E-state index contributed by atoms with van der Waals surface area (Å²) in [7, 11) is 0. The molecule has 0 radical (unpaired) electrons. The Morgan fingerprint density at radius 2 is 1.77 bits per heavy atom. The molecule has 0 bridgehead atoms. The lowest BCUT2D eigenvalue weighted by Gasteiger charge is -2.19. The maximum absolute atomic E-state index is 12.9. The predicted octanol–water partition coefficient (Wildman–Crippen LogP) is 2.23. The fourth-order valence-electron chi connectivity index (χ4n) is 1.98. The average molecular weight is 312 g/mol. The zero-order chi connectivity index (χ0) is 16.8. The van der Waals surface area contributed by atoms with Gasteiger partial charge in [0.25, 0.3) is 0 Å². The molecule has 1 unspecified atom stereocenters. The van der Waals surface area contributed by atoms with Gasteiger partial charge in [0.2, 0.25) is 6.43 Å². The van der Waals surface area contributed by atoms with E-state index >= 15 is 0 Å². The maximum Gasteiger partial charge on any atom is 0.244 e. The van der Waals surface area contributed by atoms with Gasteiger partial charge >= 0.3 is 0 Å². The molecule has 1 aromatic carbocycles. The third-order valence-corrected chi connectivity index (χ3v) is 3.42. The molecule has 1 aromatic rings. The van der Waals surface area contributed by atoms with Gasteiger partial charge in [0, 0.05) is 13.1 Å². The van der Waals surface area contributed by atoms with Crippen molar-refractivity contribution in [1.82, 2.24) is 5.32 Å². The molecule has 0 aliphatic carbocycles. The minimum atomic E-state index is -2.46. The molecule has 0 spiro atoms. The topological polar surface area (TPSA) is 76.4 Å². The average Bonchev–Trinajstić information content (AvgIpc) is 2.41. The minimum Gasteiger partial charge on any atom is -0.370 e. The van der Waals surface area contributed by atoms with Crippen LogP contribution in [0.1, 0.15) is 31.9 Å². The molecular formula is C16H26F2N4. The Kier molecular flexibility index (Phi) is 6.74. The second kappa shape index (κ2) is 8.08. The Hall–Kier alpha value is -1.69. The number of nitrogens with two attached hydrogens (primary N) is 2. The summed E-state index contributed by atoms with van der Waals surface area (Å²) < 4.78 is 25.7. The standard InChI is InChI=1S/C16H26F2N4/c1-16(2,3)13-6-4-11(5-7-13)8-21-9-12(14(17)18)10-22-15(19)20/h4-7,12,14,21H,8-10H2,1-3H3,(H4,19,20,22). The first-order valence-electron chi connectivity index (χ1n) is 7.34. The van der Waals surface area contributed by atoms with Crippen molar-refractivity contribution >= 4 is 5.96 Å². The minimum absolute atomic E-state index is 0.0735. The number of aliphatic imine (C=N–C) groups is 1. The molecule has 0 aliphatic heterocycles. The first kappa shape index (κ1) is 18.4. The number of benzene rings is 1. The highest BCUT2D eigenvalue weighted by Crippen LogP contribution is 2.22. The van der Waals surface area contributed by atoms with Crippen molar-refractivity contribution in [3.63, 3.8) is 0 Å². The van der Waals surface area contributed by atoms with E-state index in [-0.39, 0.29) is 24.5 Å². The largest absolute Gasteiger partial charge is 0.370 e. The number of alkyl halides is 2. The third kappa shape index (κ3) is 6.39. The van der Waals surface area contributed by atoms with Crippen LogP contribution in [0.3, 0.4) is 0 Å². The highest BCUT2D eigenvalue weighted by molar-refractivity contribution is 5.75. The van der Waals surface area contributed by atoms with Gasteiger partial charge in [-0.25, -0.2) is 8.78 Å². The summed E-state index contributed by atoms with van der Waals surface area (Å²) in [5.41, 5.74) is 12.8. The Labute approximate surface area is 131 Å². The SMILES string of the molecule is CC(C)(C)c1ccc(CNCC(CN=C(N)N)C(F)F)cc1. The van der Waals surface area contributed by atoms with Crippen LogP contribution in [-0.2, 0) is 12.0 Å². The summed E-state index contributed by atoms with van der Waals surface area (Å²) in [5, 5.41) is 3.03. The van der Waals surface area contributed by atoms with E-state index in [1.165, 1.54) is 5.56 Å². The van der Waals surface area contributed by atoms with Crippen LogP contribution in [0.15, 0.2) is 29.3 Å². The molecule has 22 heavy (non-hydrogen) atoms. The van der Waals surface area contributed by atoms with Crippen LogP contribution in [0, 0.1) is 5.92 Å². The lowest BCUT2D eigenvalue weighted by atomic mass is 9.87. The van der Waals surface area contributed by atoms with Crippen LogP contribution in [-0.4, -0.2) is 25.5 Å². The number of guanidine groups is 1. The van der Waals surface area contributed by atoms with E-state index in [0.29, 0.717) is 6.54 Å².